The molecule has 8 heteroatoms. The van der Waals surface area contributed by atoms with Gasteiger partial charge in [-0.2, -0.15) is 13.2 Å². The number of nitrogens with zero attached hydrogens (tertiary/aromatic N) is 2. The first-order valence-electron chi connectivity index (χ1n) is 10.3. The summed E-state index contributed by atoms with van der Waals surface area (Å²) in [6.07, 6.45) is -2.10. The maximum atomic E-state index is 13.0. The Balaban J connectivity index is 1.38. The first-order chi connectivity index (χ1) is 15.3. The van der Waals surface area contributed by atoms with Crippen LogP contribution in [0.15, 0.2) is 60.8 Å². The Morgan fingerprint density at radius 2 is 1.94 bits per heavy atom. The van der Waals surface area contributed by atoms with E-state index in [1.165, 1.54) is 11.0 Å². The van der Waals surface area contributed by atoms with E-state index in [1.807, 2.05) is 30.3 Å². The van der Waals surface area contributed by atoms with Crippen molar-refractivity contribution in [1.82, 2.24) is 15.2 Å². The Morgan fingerprint density at radius 3 is 2.75 bits per heavy atom. The molecule has 0 spiro atoms. The molecule has 2 heterocycles. The van der Waals surface area contributed by atoms with Gasteiger partial charge in [0.25, 0.3) is 0 Å². The van der Waals surface area contributed by atoms with Gasteiger partial charge in [0.2, 0.25) is 11.8 Å². The molecular weight excluding hydrogens is 419 g/mol. The van der Waals surface area contributed by atoms with Gasteiger partial charge in [-0.1, -0.05) is 24.3 Å². The summed E-state index contributed by atoms with van der Waals surface area (Å²) >= 11 is 0. The Kier molecular flexibility index (Phi) is 6.12. The predicted octanol–water partition coefficient (Wildman–Crippen LogP) is 4.31. The van der Waals surface area contributed by atoms with Crippen LogP contribution >= 0.6 is 0 Å². The van der Waals surface area contributed by atoms with E-state index >= 15 is 0 Å². The Bertz CT molecular complexity index is 1150. The van der Waals surface area contributed by atoms with Crippen LogP contribution in [-0.2, 0) is 28.9 Å². The van der Waals surface area contributed by atoms with Gasteiger partial charge in [0.15, 0.2) is 0 Å². The number of likely N-dealkylation sites (tertiary alicyclic amines) is 1. The van der Waals surface area contributed by atoms with Gasteiger partial charge in [0.05, 0.1) is 17.0 Å². The summed E-state index contributed by atoms with van der Waals surface area (Å²) in [6.45, 7) is 0.578. The molecule has 166 valence electrons. The molecule has 1 aromatic heterocycles. The lowest BCUT2D eigenvalue weighted by atomic mass is 9.95. The molecule has 1 atom stereocenters. The number of benzene rings is 2. The quantitative estimate of drug-likeness (QED) is 0.642. The highest BCUT2D eigenvalue weighted by molar-refractivity contribution is 5.84. The van der Waals surface area contributed by atoms with Crippen molar-refractivity contribution in [3.8, 4) is 0 Å². The molecule has 0 radical (unpaired) electrons. The summed E-state index contributed by atoms with van der Waals surface area (Å²) < 4.78 is 38.9. The minimum atomic E-state index is -4.44. The molecule has 1 unspecified atom stereocenters. The van der Waals surface area contributed by atoms with Gasteiger partial charge in [-0.25, -0.2) is 0 Å². The van der Waals surface area contributed by atoms with Crippen LogP contribution in [0.4, 0.5) is 13.2 Å². The monoisotopic (exact) mass is 441 g/mol. The normalized spacial score (nSPS) is 16.9. The van der Waals surface area contributed by atoms with Gasteiger partial charge in [-0.05, 0) is 47.9 Å². The number of hydrogen-bond donors (Lipinski definition) is 1. The molecule has 1 aliphatic rings. The number of hydrogen-bond acceptors (Lipinski definition) is 3. The number of fused-ring (bicyclic) bond motifs is 1. The average Bonchev–Trinajstić information content (AvgIpc) is 2.78. The van der Waals surface area contributed by atoms with Gasteiger partial charge in [-0.15, -0.1) is 0 Å². The number of nitrogens with one attached hydrogen (secondary N) is 1. The zero-order valence-electron chi connectivity index (χ0n) is 17.2. The van der Waals surface area contributed by atoms with Crippen molar-refractivity contribution in [3.63, 3.8) is 0 Å². The van der Waals surface area contributed by atoms with Gasteiger partial charge in [0, 0.05) is 37.6 Å². The van der Waals surface area contributed by atoms with Crippen molar-refractivity contribution < 1.29 is 22.8 Å². The molecule has 1 aliphatic heterocycles. The van der Waals surface area contributed by atoms with Crippen LogP contribution in [0.2, 0.25) is 0 Å². The molecule has 5 nitrogen and oxygen atoms in total. The smallest absolute Gasteiger partial charge is 0.352 e. The lowest BCUT2D eigenvalue weighted by molar-refractivity contribution is -0.139. The summed E-state index contributed by atoms with van der Waals surface area (Å²) in [4.78, 5) is 30.8. The van der Waals surface area contributed by atoms with E-state index in [2.05, 4.69) is 10.3 Å². The number of halogens is 3. The van der Waals surface area contributed by atoms with Crippen LogP contribution in [0.3, 0.4) is 0 Å². The minimum Gasteiger partial charge on any atom is -0.352 e. The summed E-state index contributed by atoms with van der Waals surface area (Å²) in [5, 5.41) is 3.90. The highest BCUT2D eigenvalue weighted by Gasteiger charge is 2.32. The number of carbonyl (C=O) groups is 2. The van der Waals surface area contributed by atoms with Crippen molar-refractivity contribution in [3.05, 3.63) is 77.5 Å². The topological polar surface area (TPSA) is 62.3 Å². The predicted molar refractivity (Wildman–Crippen MR) is 113 cm³/mol. The second-order valence-corrected chi connectivity index (χ2v) is 7.96. The van der Waals surface area contributed by atoms with E-state index in [0.717, 1.165) is 28.6 Å². The van der Waals surface area contributed by atoms with Crippen LogP contribution in [-0.4, -0.2) is 28.2 Å². The second-order valence-electron chi connectivity index (χ2n) is 7.96. The third-order valence-electron chi connectivity index (χ3n) is 5.63. The van der Waals surface area contributed by atoms with E-state index < -0.39 is 17.7 Å². The number of rotatable bonds is 5. The maximum Gasteiger partial charge on any atom is 0.416 e. The highest BCUT2D eigenvalue weighted by Crippen LogP contribution is 2.30. The number of pyridine rings is 1. The third kappa shape index (κ3) is 5.07. The van der Waals surface area contributed by atoms with Crippen LogP contribution in [0, 0.1) is 5.92 Å². The van der Waals surface area contributed by atoms with Crippen molar-refractivity contribution in [1.29, 1.82) is 0 Å². The molecule has 0 saturated carbocycles. The molecular formula is C24H22F3N3O2. The summed E-state index contributed by atoms with van der Waals surface area (Å²) in [5.41, 5.74) is 1.45. The summed E-state index contributed by atoms with van der Waals surface area (Å²) in [7, 11) is 0. The number of carbonyl (C=O) groups excluding carboxylic acids is 2. The molecule has 0 bridgehead atoms. The number of alkyl halides is 3. The Morgan fingerprint density at radius 1 is 1.09 bits per heavy atom. The molecule has 1 fully saturated rings. The molecule has 32 heavy (non-hydrogen) atoms. The van der Waals surface area contributed by atoms with E-state index in [9.17, 15) is 22.8 Å². The van der Waals surface area contributed by atoms with Crippen LogP contribution in [0.25, 0.3) is 10.9 Å². The van der Waals surface area contributed by atoms with E-state index in [1.54, 1.807) is 12.3 Å². The lowest BCUT2D eigenvalue weighted by Gasteiger charge is -2.32. The fourth-order valence-corrected chi connectivity index (χ4v) is 3.92. The van der Waals surface area contributed by atoms with Crippen molar-refractivity contribution in [2.75, 3.05) is 6.54 Å². The largest absolute Gasteiger partial charge is 0.416 e. The number of amides is 2. The van der Waals surface area contributed by atoms with Crippen LogP contribution < -0.4 is 5.32 Å². The average molecular weight is 441 g/mol. The van der Waals surface area contributed by atoms with Crippen molar-refractivity contribution in [2.24, 2.45) is 5.92 Å². The number of piperidine rings is 1. The van der Waals surface area contributed by atoms with E-state index in [0.29, 0.717) is 18.5 Å². The zero-order chi connectivity index (χ0) is 22.7. The SMILES string of the molecule is O=C(NCc1ccc2ncccc2c1)C1CCC(=O)N(Cc2cccc(C(F)(F)F)c2)C1. The first-order valence-corrected chi connectivity index (χ1v) is 10.3. The summed E-state index contributed by atoms with van der Waals surface area (Å²) in [5.74, 6) is -0.730. The standard InChI is InChI=1S/C24H22F3N3O2/c25-24(26,27)20-5-1-3-17(12-20)14-30-15-19(7-9-22(30)31)23(32)29-13-16-6-8-21-18(11-16)4-2-10-28-21/h1-6,8,10-12,19H,7,9,13-15H2,(H,29,32). The van der Waals surface area contributed by atoms with E-state index in [4.69, 9.17) is 0 Å². The molecule has 0 aliphatic carbocycles. The van der Waals surface area contributed by atoms with E-state index in [-0.39, 0.29) is 31.3 Å². The molecule has 1 N–H and O–H groups in total. The first kappa shape index (κ1) is 21.8. The minimum absolute atomic E-state index is 0.0458. The Hall–Kier alpha value is -3.42. The fraction of sp³-hybridized carbons (Fsp3) is 0.292. The molecule has 1 saturated heterocycles. The zero-order valence-corrected chi connectivity index (χ0v) is 17.2. The molecule has 2 amide bonds. The third-order valence-corrected chi connectivity index (χ3v) is 5.63. The van der Waals surface area contributed by atoms with Crippen LogP contribution in [0.1, 0.15) is 29.5 Å². The van der Waals surface area contributed by atoms with Gasteiger partial charge in [-0.3, -0.25) is 14.6 Å². The second kappa shape index (κ2) is 8.98. The molecule has 2 aromatic carbocycles. The highest BCUT2D eigenvalue weighted by atomic mass is 19.4. The van der Waals surface area contributed by atoms with Crippen LogP contribution in [0.5, 0.6) is 0 Å². The fourth-order valence-electron chi connectivity index (χ4n) is 3.92. The van der Waals surface area contributed by atoms with Gasteiger partial charge >= 0.3 is 6.18 Å². The van der Waals surface area contributed by atoms with Crippen molar-refractivity contribution in [2.45, 2.75) is 32.1 Å². The number of aromatic nitrogens is 1. The Labute approximate surface area is 183 Å². The van der Waals surface area contributed by atoms with Crippen molar-refractivity contribution >= 4 is 22.7 Å². The summed E-state index contributed by atoms with van der Waals surface area (Å²) in [6, 6.07) is 14.5. The maximum absolute atomic E-state index is 13.0. The molecule has 3 aromatic rings. The van der Waals surface area contributed by atoms with Gasteiger partial charge < -0.3 is 10.2 Å². The van der Waals surface area contributed by atoms with Gasteiger partial charge in [0.1, 0.15) is 0 Å². The lowest BCUT2D eigenvalue weighted by Crippen LogP contribution is -2.45. The molecule has 4 rings (SSSR count).